The van der Waals surface area contributed by atoms with Gasteiger partial charge in [0.25, 0.3) is 0 Å². The molecule has 1 aromatic carbocycles. The second-order valence-electron chi connectivity index (χ2n) is 4.62. The Kier molecular flexibility index (Phi) is 2.98. The lowest BCUT2D eigenvalue weighted by Gasteiger charge is -2.38. The highest BCUT2D eigenvalue weighted by molar-refractivity contribution is 6.10. The Bertz CT molecular complexity index is 476. The fraction of sp³-hybridized carbons (Fsp3) is 0.385. The second kappa shape index (κ2) is 4.33. The van der Waals surface area contributed by atoms with E-state index in [1.807, 2.05) is 0 Å². The minimum absolute atomic E-state index is 0.108. The second-order valence-corrected chi connectivity index (χ2v) is 4.62. The van der Waals surface area contributed by atoms with E-state index in [1.165, 1.54) is 17.0 Å². The average molecular weight is 249 g/mol. The van der Waals surface area contributed by atoms with E-state index in [-0.39, 0.29) is 5.75 Å². The summed E-state index contributed by atoms with van der Waals surface area (Å²) in [6.45, 7) is 0. The third-order valence-corrected chi connectivity index (χ3v) is 3.57. The van der Waals surface area contributed by atoms with Crippen LogP contribution in [-0.4, -0.2) is 29.1 Å². The Morgan fingerprint density at radius 2 is 1.78 bits per heavy atom. The van der Waals surface area contributed by atoms with Gasteiger partial charge in [0.05, 0.1) is 0 Å². The number of phenols is 1. The first-order valence-electron chi connectivity index (χ1n) is 5.78. The van der Waals surface area contributed by atoms with Crippen LogP contribution in [0.1, 0.15) is 19.3 Å². The van der Waals surface area contributed by atoms with Crippen molar-refractivity contribution in [2.45, 2.75) is 19.3 Å². The molecule has 1 aliphatic rings. The summed E-state index contributed by atoms with van der Waals surface area (Å²) in [4.78, 5) is 24.8. The molecule has 2 rings (SSSR count). The van der Waals surface area contributed by atoms with Crippen molar-refractivity contribution < 1.29 is 19.8 Å². The maximum Gasteiger partial charge on any atom is 0.319 e. The maximum atomic E-state index is 12.3. The maximum absolute atomic E-state index is 12.3. The summed E-state index contributed by atoms with van der Waals surface area (Å²) >= 11 is 0. The van der Waals surface area contributed by atoms with Crippen molar-refractivity contribution in [3.05, 3.63) is 24.3 Å². The Hall–Kier alpha value is -2.04. The molecule has 2 N–H and O–H groups in total. The van der Waals surface area contributed by atoms with E-state index < -0.39 is 17.3 Å². The van der Waals surface area contributed by atoms with Gasteiger partial charge in [-0.25, -0.2) is 0 Å². The van der Waals surface area contributed by atoms with Gasteiger partial charge < -0.3 is 15.1 Å². The van der Waals surface area contributed by atoms with Gasteiger partial charge in [-0.1, -0.05) is 6.42 Å². The minimum atomic E-state index is -1.26. The fourth-order valence-electron chi connectivity index (χ4n) is 2.16. The smallest absolute Gasteiger partial charge is 0.319 e. The summed E-state index contributed by atoms with van der Waals surface area (Å²) in [5.41, 5.74) is -0.683. The number of phenolic OH excluding ortho intramolecular Hbond substituents is 1. The van der Waals surface area contributed by atoms with Crippen LogP contribution >= 0.6 is 0 Å². The Morgan fingerprint density at radius 1 is 1.22 bits per heavy atom. The molecule has 5 heteroatoms. The molecule has 0 aromatic heterocycles. The summed E-state index contributed by atoms with van der Waals surface area (Å²) < 4.78 is 0. The molecule has 1 fully saturated rings. The van der Waals surface area contributed by atoms with Crippen LogP contribution in [0.3, 0.4) is 0 Å². The number of amides is 1. The van der Waals surface area contributed by atoms with E-state index in [9.17, 15) is 19.8 Å². The van der Waals surface area contributed by atoms with Gasteiger partial charge in [-0.05, 0) is 37.1 Å². The van der Waals surface area contributed by atoms with Crippen LogP contribution in [-0.2, 0) is 9.59 Å². The SMILES string of the molecule is CN(C(=O)C1(C(=O)O)CCC1)c1ccc(O)cc1. The van der Waals surface area contributed by atoms with Crippen LogP contribution in [0.25, 0.3) is 0 Å². The number of hydrogen-bond donors (Lipinski definition) is 2. The first kappa shape index (κ1) is 12.4. The van der Waals surface area contributed by atoms with Gasteiger partial charge in [0, 0.05) is 12.7 Å². The van der Waals surface area contributed by atoms with Crippen LogP contribution in [0.4, 0.5) is 5.69 Å². The van der Waals surface area contributed by atoms with Gasteiger partial charge >= 0.3 is 5.97 Å². The van der Waals surface area contributed by atoms with Crippen LogP contribution in [0.5, 0.6) is 5.75 Å². The summed E-state index contributed by atoms with van der Waals surface area (Å²) in [5, 5.41) is 18.4. The Labute approximate surface area is 105 Å². The summed E-state index contributed by atoms with van der Waals surface area (Å²) in [5.74, 6) is -1.34. The number of carboxylic acid groups (broad SMARTS) is 1. The predicted octanol–water partition coefficient (Wildman–Crippen LogP) is 1.61. The zero-order chi connectivity index (χ0) is 13.3. The molecule has 0 saturated heterocycles. The van der Waals surface area contributed by atoms with Gasteiger partial charge in [0.1, 0.15) is 11.2 Å². The topological polar surface area (TPSA) is 77.8 Å². The molecule has 5 nitrogen and oxygen atoms in total. The molecule has 0 radical (unpaired) electrons. The van der Waals surface area contributed by atoms with Gasteiger partial charge in [0.15, 0.2) is 0 Å². The van der Waals surface area contributed by atoms with Gasteiger partial charge in [-0.2, -0.15) is 0 Å². The lowest BCUT2D eigenvalue weighted by Crippen LogP contribution is -2.51. The van der Waals surface area contributed by atoms with Crippen LogP contribution in [0.15, 0.2) is 24.3 Å². The minimum Gasteiger partial charge on any atom is -0.508 e. The highest BCUT2D eigenvalue weighted by atomic mass is 16.4. The van der Waals surface area contributed by atoms with E-state index in [0.717, 1.165) is 6.42 Å². The van der Waals surface area contributed by atoms with Gasteiger partial charge in [-0.3, -0.25) is 9.59 Å². The third kappa shape index (κ3) is 1.81. The van der Waals surface area contributed by atoms with Crippen molar-refractivity contribution >= 4 is 17.6 Å². The van der Waals surface area contributed by atoms with E-state index in [4.69, 9.17) is 0 Å². The Balaban J connectivity index is 2.23. The van der Waals surface area contributed by atoms with Crippen molar-refractivity contribution in [1.29, 1.82) is 0 Å². The molecule has 0 spiro atoms. The molecule has 0 unspecified atom stereocenters. The Morgan fingerprint density at radius 3 is 2.17 bits per heavy atom. The zero-order valence-electron chi connectivity index (χ0n) is 10.1. The molecule has 1 aromatic rings. The molecule has 1 amide bonds. The van der Waals surface area contributed by atoms with E-state index >= 15 is 0 Å². The van der Waals surface area contributed by atoms with Crippen molar-refractivity contribution in [2.75, 3.05) is 11.9 Å². The molecule has 0 bridgehead atoms. The number of aromatic hydroxyl groups is 1. The number of nitrogens with zero attached hydrogens (tertiary/aromatic N) is 1. The number of carbonyl (C=O) groups excluding carboxylic acids is 1. The molecule has 0 aliphatic heterocycles. The first-order chi connectivity index (χ1) is 8.47. The summed E-state index contributed by atoms with van der Waals surface area (Å²) in [6, 6.07) is 6.10. The fourth-order valence-corrected chi connectivity index (χ4v) is 2.16. The molecule has 1 saturated carbocycles. The van der Waals surface area contributed by atoms with Crippen LogP contribution in [0.2, 0.25) is 0 Å². The number of anilines is 1. The lowest BCUT2D eigenvalue weighted by molar-refractivity contribution is -0.160. The van der Waals surface area contributed by atoms with Crippen molar-refractivity contribution in [3.8, 4) is 5.75 Å². The number of benzene rings is 1. The third-order valence-electron chi connectivity index (χ3n) is 3.57. The van der Waals surface area contributed by atoms with Crippen LogP contribution < -0.4 is 4.90 Å². The average Bonchev–Trinajstić information content (AvgIpc) is 2.27. The zero-order valence-corrected chi connectivity index (χ0v) is 10.1. The number of aliphatic carboxylic acids is 1. The normalized spacial score (nSPS) is 16.7. The predicted molar refractivity (Wildman–Crippen MR) is 65.4 cm³/mol. The summed E-state index contributed by atoms with van der Waals surface area (Å²) in [6.07, 6.45) is 1.55. The molecular formula is C13H15NO4. The van der Waals surface area contributed by atoms with Gasteiger partial charge in [0.2, 0.25) is 5.91 Å². The standard InChI is InChI=1S/C13H15NO4/c1-14(9-3-5-10(15)6-4-9)11(16)13(12(17)18)7-2-8-13/h3-6,15H,2,7-8H2,1H3,(H,17,18). The highest BCUT2D eigenvalue weighted by Gasteiger charge is 2.52. The monoisotopic (exact) mass is 249 g/mol. The first-order valence-corrected chi connectivity index (χ1v) is 5.78. The van der Waals surface area contributed by atoms with Crippen LogP contribution in [0, 0.1) is 5.41 Å². The van der Waals surface area contributed by atoms with E-state index in [0.29, 0.717) is 18.5 Å². The number of carboxylic acids is 1. The number of carbonyl (C=O) groups is 2. The molecular weight excluding hydrogens is 234 g/mol. The lowest BCUT2D eigenvalue weighted by atomic mass is 9.68. The van der Waals surface area contributed by atoms with E-state index in [1.54, 1.807) is 19.2 Å². The largest absolute Gasteiger partial charge is 0.508 e. The number of hydrogen-bond acceptors (Lipinski definition) is 3. The quantitative estimate of drug-likeness (QED) is 0.798. The summed E-state index contributed by atoms with van der Waals surface area (Å²) in [7, 11) is 1.55. The molecule has 0 heterocycles. The van der Waals surface area contributed by atoms with Crippen molar-refractivity contribution in [1.82, 2.24) is 0 Å². The highest BCUT2D eigenvalue weighted by Crippen LogP contribution is 2.43. The molecule has 0 atom stereocenters. The van der Waals surface area contributed by atoms with Gasteiger partial charge in [-0.15, -0.1) is 0 Å². The molecule has 1 aliphatic carbocycles. The molecule has 18 heavy (non-hydrogen) atoms. The van der Waals surface area contributed by atoms with E-state index in [2.05, 4.69) is 0 Å². The number of rotatable bonds is 3. The molecule has 96 valence electrons. The van der Waals surface area contributed by atoms with Crippen molar-refractivity contribution in [2.24, 2.45) is 5.41 Å². The van der Waals surface area contributed by atoms with Crippen molar-refractivity contribution in [3.63, 3.8) is 0 Å².